The highest BCUT2D eigenvalue weighted by Crippen LogP contribution is 2.43. The fourth-order valence-corrected chi connectivity index (χ4v) is 2.53. The monoisotopic (exact) mass is 337 g/mol. The largest absolute Gasteiger partial charge is 0.507 e. The summed E-state index contributed by atoms with van der Waals surface area (Å²) in [4.78, 5) is 7.91. The molecule has 3 aromatic rings. The van der Waals surface area contributed by atoms with Crippen LogP contribution in [0.15, 0.2) is 24.5 Å². The molecule has 2 aromatic carbocycles. The minimum absolute atomic E-state index is 0.0225. The molecule has 1 aromatic heterocycles. The van der Waals surface area contributed by atoms with Crippen molar-refractivity contribution in [2.45, 2.75) is 0 Å². The minimum Gasteiger partial charge on any atom is -0.507 e. The van der Waals surface area contributed by atoms with Gasteiger partial charge >= 0.3 is 0 Å². The third-order valence-electron chi connectivity index (χ3n) is 3.41. The van der Waals surface area contributed by atoms with Crippen LogP contribution in [0.4, 0.5) is 14.6 Å². The smallest absolute Gasteiger partial charge is 0.152 e. The van der Waals surface area contributed by atoms with Crippen molar-refractivity contribution in [3.63, 3.8) is 0 Å². The van der Waals surface area contributed by atoms with Crippen molar-refractivity contribution < 1.29 is 18.6 Å². The summed E-state index contributed by atoms with van der Waals surface area (Å²) < 4.78 is 32.9. The molecule has 0 aliphatic heterocycles. The van der Waals surface area contributed by atoms with E-state index in [9.17, 15) is 13.9 Å². The van der Waals surface area contributed by atoms with Crippen molar-refractivity contribution in [1.82, 2.24) is 9.97 Å². The second-order valence-corrected chi connectivity index (χ2v) is 5.06. The normalized spacial score (nSPS) is 11.0. The van der Waals surface area contributed by atoms with E-state index in [1.165, 1.54) is 19.5 Å². The lowest BCUT2D eigenvalue weighted by molar-refractivity contribution is 0.413. The lowest BCUT2D eigenvalue weighted by Gasteiger charge is -2.14. The zero-order valence-corrected chi connectivity index (χ0v) is 12.5. The van der Waals surface area contributed by atoms with Crippen LogP contribution >= 0.6 is 11.6 Å². The van der Waals surface area contributed by atoms with Crippen LogP contribution < -0.4 is 10.5 Å². The molecule has 0 radical (unpaired) electrons. The van der Waals surface area contributed by atoms with Crippen LogP contribution in [0.5, 0.6) is 11.5 Å². The van der Waals surface area contributed by atoms with E-state index in [0.29, 0.717) is 5.39 Å². The first-order valence-corrected chi connectivity index (χ1v) is 6.77. The molecule has 0 bridgehead atoms. The summed E-state index contributed by atoms with van der Waals surface area (Å²) in [7, 11) is 1.38. The summed E-state index contributed by atoms with van der Waals surface area (Å²) in [6.07, 6.45) is 1.17. The quantitative estimate of drug-likeness (QED) is 0.699. The number of ether oxygens (including phenoxy) is 1. The molecule has 0 spiro atoms. The van der Waals surface area contributed by atoms with Crippen molar-refractivity contribution in [1.29, 1.82) is 0 Å². The van der Waals surface area contributed by atoms with Crippen LogP contribution in [-0.4, -0.2) is 22.2 Å². The Hall–Kier alpha value is -2.67. The average molecular weight is 338 g/mol. The van der Waals surface area contributed by atoms with E-state index in [1.54, 1.807) is 0 Å². The molecular weight excluding hydrogens is 328 g/mol. The molecular formula is C15H10ClF2N3O2. The van der Waals surface area contributed by atoms with Crippen molar-refractivity contribution in [3.05, 3.63) is 41.2 Å². The molecule has 0 atom stereocenters. The van der Waals surface area contributed by atoms with Crippen molar-refractivity contribution in [3.8, 4) is 22.6 Å². The van der Waals surface area contributed by atoms with Gasteiger partial charge in [0.2, 0.25) is 0 Å². The Balaban J connectivity index is 2.46. The number of fused-ring (bicyclic) bond motifs is 1. The van der Waals surface area contributed by atoms with Gasteiger partial charge in [-0.05, 0) is 12.1 Å². The lowest BCUT2D eigenvalue weighted by Crippen LogP contribution is -1.99. The number of aromatic hydroxyl groups is 1. The SMILES string of the molecule is COc1cc(O)c(-c2ccc(F)c(Cl)c2F)c2ncnc(N)c12. The van der Waals surface area contributed by atoms with Gasteiger partial charge in [-0.3, -0.25) is 0 Å². The van der Waals surface area contributed by atoms with E-state index in [-0.39, 0.29) is 34.0 Å². The molecule has 0 aliphatic rings. The van der Waals surface area contributed by atoms with Gasteiger partial charge in [-0.15, -0.1) is 0 Å². The number of phenolic OH excluding ortho intramolecular Hbond substituents is 1. The van der Waals surface area contributed by atoms with Crippen LogP contribution in [0, 0.1) is 11.6 Å². The fraction of sp³-hybridized carbons (Fsp3) is 0.0667. The molecule has 1 heterocycles. The molecule has 0 saturated heterocycles. The molecule has 8 heteroatoms. The zero-order chi connectivity index (χ0) is 16.7. The molecule has 0 unspecified atom stereocenters. The van der Waals surface area contributed by atoms with Gasteiger partial charge in [0.1, 0.15) is 34.5 Å². The average Bonchev–Trinajstić information content (AvgIpc) is 2.53. The van der Waals surface area contributed by atoms with Crippen LogP contribution in [0.2, 0.25) is 5.02 Å². The van der Waals surface area contributed by atoms with E-state index in [0.717, 1.165) is 12.1 Å². The molecule has 5 nitrogen and oxygen atoms in total. The van der Waals surface area contributed by atoms with Gasteiger partial charge in [-0.25, -0.2) is 18.7 Å². The zero-order valence-electron chi connectivity index (χ0n) is 11.8. The number of anilines is 1. The number of nitrogens with zero attached hydrogens (tertiary/aromatic N) is 2. The highest BCUT2D eigenvalue weighted by Gasteiger charge is 2.22. The van der Waals surface area contributed by atoms with Gasteiger partial charge in [0, 0.05) is 11.6 Å². The lowest BCUT2D eigenvalue weighted by atomic mass is 9.99. The number of aromatic nitrogens is 2. The number of methoxy groups -OCH3 is 1. The summed E-state index contributed by atoms with van der Waals surface area (Å²) in [6, 6.07) is 3.42. The van der Waals surface area contributed by atoms with E-state index in [4.69, 9.17) is 22.1 Å². The standard InChI is InChI=1S/C15H10ClF2N3O2/c1-23-9-4-8(22)10(14-11(9)15(19)21-5-20-14)6-2-3-7(17)12(16)13(6)18/h2-5,22H,1H3,(H2,19,20,21). The van der Waals surface area contributed by atoms with Gasteiger partial charge in [-0.1, -0.05) is 11.6 Å². The Morgan fingerprint density at radius 3 is 2.70 bits per heavy atom. The fourth-order valence-electron chi connectivity index (χ4n) is 2.37. The number of phenols is 1. The number of rotatable bonds is 2. The molecule has 0 aliphatic carbocycles. The highest BCUT2D eigenvalue weighted by molar-refractivity contribution is 6.31. The Morgan fingerprint density at radius 1 is 1.26 bits per heavy atom. The van der Waals surface area contributed by atoms with Crippen LogP contribution in [0.1, 0.15) is 0 Å². The Kier molecular flexibility index (Phi) is 3.65. The van der Waals surface area contributed by atoms with Gasteiger partial charge < -0.3 is 15.6 Å². The summed E-state index contributed by atoms with van der Waals surface area (Å²) >= 11 is 5.61. The summed E-state index contributed by atoms with van der Waals surface area (Å²) in [6.45, 7) is 0. The summed E-state index contributed by atoms with van der Waals surface area (Å²) in [5.41, 5.74) is 5.90. The van der Waals surface area contributed by atoms with Crippen molar-refractivity contribution in [2.75, 3.05) is 12.8 Å². The van der Waals surface area contributed by atoms with E-state index < -0.39 is 16.7 Å². The molecule has 0 fully saturated rings. The molecule has 3 rings (SSSR count). The second-order valence-electron chi connectivity index (χ2n) is 4.68. The van der Waals surface area contributed by atoms with Crippen molar-refractivity contribution in [2.24, 2.45) is 0 Å². The molecule has 0 saturated carbocycles. The maximum absolute atomic E-state index is 14.4. The van der Waals surface area contributed by atoms with Gasteiger partial charge in [-0.2, -0.15) is 0 Å². The summed E-state index contributed by atoms with van der Waals surface area (Å²) in [5.74, 6) is -1.89. The van der Waals surface area contributed by atoms with Crippen molar-refractivity contribution >= 4 is 28.3 Å². The molecule has 23 heavy (non-hydrogen) atoms. The third-order valence-corrected chi connectivity index (χ3v) is 3.75. The van der Waals surface area contributed by atoms with E-state index >= 15 is 0 Å². The Labute approximate surface area is 134 Å². The van der Waals surface area contributed by atoms with E-state index in [2.05, 4.69) is 9.97 Å². The van der Waals surface area contributed by atoms with Crippen LogP contribution in [0.25, 0.3) is 22.0 Å². The van der Waals surface area contributed by atoms with Crippen LogP contribution in [-0.2, 0) is 0 Å². The molecule has 0 amide bonds. The number of hydrogen-bond acceptors (Lipinski definition) is 5. The van der Waals surface area contributed by atoms with Gasteiger partial charge in [0.05, 0.1) is 23.6 Å². The number of hydrogen-bond donors (Lipinski definition) is 2. The number of benzene rings is 2. The maximum Gasteiger partial charge on any atom is 0.152 e. The third kappa shape index (κ3) is 2.29. The van der Waals surface area contributed by atoms with E-state index in [1.807, 2.05) is 0 Å². The predicted octanol–water partition coefficient (Wildman–Crippen LogP) is 3.52. The number of nitrogens with two attached hydrogens (primary N) is 1. The highest BCUT2D eigenvalue weighted by atomic mass is 35.5. The molecule has 3 N–H and O–H groups in total. The molecule has 118 valence electrons. The Morgan fingerprint density at radius 2 is 2.00 bits per heavy atom. The topological polar surface area (TPSA) is 81.3 Å². The number of halogens is 3. The van der Waals surface area contributed by atoms with Gasteiger partial charge in [0.25, 0.3) is 0 Å². The summed E-state index contributed by atoms with van der Waals surface area (Å²) in [5, 5.41) is 9.90. The second kappa shape index (κ2) is 5.51. The first-order valence-electron chi connectivity index (χ1n) is 6.39. The first kappa shape index (κ1) is 15.2. The Bertz CT molecular complexity index is 934. The number of nitrogen functional groups attached to an aromatic ring is 1. The predicted molar refractivity (Wildman–Crippen MR) is 82.5 cm³/mol. The first-order chi connectivity index (χ1) is 11.0. The van der Waals surface area contributed by atoms with Crippen LogP contribution in [0.3, 0.4) is 0 Å². The van der Waals surface area contributed by atoms with Gasteiger partial charge in [0.15, 0.2) is 5.82 Å². The maximum atomic E-state index is 14.4. The minimum atomic E-state index is -1.01.